The van der Waals surface area contributed by atoms with Crippen LogP contribution in [0.5, 0.6) is 0 Å². The van der Waals surface area contributed by atoms with Crippen molar-refractivity contribution >= 4 is 17.7 Å². The number of carboxylic acids is 1. The standard InChI is InChI=1S/C20H27N3O.C2HF3O2/c1-4-23-15(3)21-20(19(23)24)10-9-17-12-22(13-18(17)20)11-16-8-6-5-7-14(16)2;3-2(4,5)1(6)7/h5-8,17-18H,4,9-13H2,1-3H3;(H,6,7)/t17-,18+,20-;/m1./s1. The number of amidine groups is 1. The van der Waals surface area contributed by atoms with E-state index >= 15 is 0 Å². The fraction of sp³-hybridized carbons (Fsp3) is 0.591. The van der Waals surface area contributed by atoms with Crippen molar-refractivity contribution in [1.29, 1.82) is 0 Å². The molecule has 0 unspecified atom stereocenters. The van der Waals surface area contributed by atoms with Crippen LogP contribution in [0.3, 0.4) is 0 Å². The summed E-state index contributed by atoms with van der Waals surface area (Å²) < 4.78 is 31.7. The highest BCUT2D eigenvalue weighted by Gasteiger charge is 2.60. The maximum atomic E-state index is 13.0. The number of aryl methyl sites for hydroxylation is 1. The Morgan fingerprint density at radius 1 is 1.26 bits per heavy atom. The summed E-state index contributed by atoms with van der Waals surface area (Å²) in [5, 5.41) is 7.12. The number of carbonyl (C=O) groups is 2. The summed E-state index contributed by atoms with van der Waals surface area (Å²) in [5.74, 6) is -0.576. The molecule has 3 atom stereocenters. The van der Waals surface area contributed by atoms with E-state index < -0.39 is 17.7 Å². The molecule has 0 bridgehead atoms. The molecule has 1 amide bonds. The van der Waals surface area contributed by atoms with Crippen molar-refractivity contribution in [3.63, 3.8) is 0 Å². The van der Waals surface area contributed by atoms with Gasteiger partial charge in [-0.15, -0.1) is 0 Å². The largest absolute Gasteiger partial charge is 0.490 e. The van der Waals surface area contributed by atoms with Gasteiger partial charge in [-0.2, -0.15) is 13.2 Å². The number of aliphatic imine (C=N–C) groups is 1. The summed E-state index contributed by atoms with van der Waals surface area (Å²) in [5.41, 5.74) is 2.30. The molecule has 2 aliphatic heterocycles. The average molecular weight is 439 g/mol. The number of carboxylic acid groups (broad SMARTS) is 1. The predicted molar refractivity (Wildman–Crippen MR) is 110 cm³/mol. The van der Waals surface area contributed by atoms with Crippen molar-refractivity contribution < 1.29 is 27.9 Å². The van der Waals surface area contributed by atoms with Crippen LogP contribution in [0.1, 0.15) is 37.8 Å². The zero-order chi connectivity index (χ0) is 23.0. The minimum absolute atomic E-state index is 0.257. The first-order valence-electron chi connectivity index (χ1n) is 10.4. The van der Waals surface area contributed by atoms with E-state index in [4.69, 9.17) is 14.9 Å². The Kier molecular flexibility index (Phi) is 6.45. The Labute approximate surface area is 179 Å². The fourth-order valence-corrected chi connectivity index (χ4v) is 5.10. The second kappa shape index (κ2) is 8.61. The molecule has 1 aliphatic carbocycles. The molecule has 1 aromatic rings. The normalized spacial score (nSPS) is 27.9. The molecule has 1 saturated heterocycles. The minimum atomic E-state index is -5.08. The van der Waals surface area contributed by atoms with E-state index in [2.05, 4.69) is 36.1 Å². The molecule has 170 valence electrons. The van der Waals surface area contributed by atoms with Gasteiger partial charge in [-0.05, 0) is 50.7 Å². The number of hydrogen-bond acceptors (Lipinski definition) is 4. The van der Waals surface area contributed by atoms with Crippen LogP contribution in [-0.2, 0) is 16.1 Å². The molecular formula is C22H28F3N3O3. The zero-order valence-electron chi connectivity index (χ0n) is 17.9. The monoisotopic (exact) mass is 439 g/mol. The molecule has 2 heterocycles. The lowest BCUT2D eigenvalue weighted by Crippen LogP contribution is -2.46. The number of benzene rings is 1. The van der Waals surface area contributed by atoms with Gasteiger partial charge in [0.1, 0.15) is 11.4 Å². The summed E-state index contributed by atoms with van der Waals surface area (Å²) in [7, 11) is 0. The van der Waals surface area contributed by atoms with Gasteiger partial charge in [0, 0.05) is 32.1 Å². The molecule has 1 aromatic carbocycles. The molecule has 0 aromatic heterocycles. The second-order valence-corrected chi connectivity index (χ2v) is 8.46. The lowest BCUT2D eigenvalue weighted by atomic mass is 9.85. The Morgan fingerprint density at radius 2 is 1.90 bits per heavy atom. The first kappa shape index (κ1) is 23.2. The Balaban J connectivity index is 0.000000339. The molecular weight excluding hydrogens is 411 g/mol. The highest BCUT2D eigenvalue weighted by atomic mass is 19.4. The number of carbonyl (C=O) groups excluding carboxylic acids is 1. The number of likely N-dealkylation sites (tertiary alicyclic amines) is 1. The van der Waals surface area contributed by atoms with Crippen LogP contribution in [0.25, 0.3) is 0 Å². The Hall–Kier alpha value is -2.42. The van der Waals surface area contributed by atoms with Gasteiger partial charge >= 0.3 is 12.1 Å². The van der Waals surface area contributed by atoms with E-state index in [1.165, 1.54) is 11.1 Å². The predicted octanol–water partition coefficient (Wildman–Crippen LogP) is 3.49. The van der Waals surface area contributed by atoms with E-state index in [0.29, 0.717) is 11.8 Å². The maximum absolute atomic E-state index is 13.0. The Bertz CT molecular complexity index is 886. The first-order chi connectivity index (χ1) is 14.5. The van der Waals surface area contributed by atoms with Crippen LogP contribution < -0.4 is 0 Å². The quantitative estimate of drug-likeness (QED) is 0.783. The molecule has 2 fully saturated rings. The number of rotatable bonds is 3. The van der Waals surface area contributed by atoms with Gasteiger partial charge in [0.2, 0.25) is 0 Å². The number of halogens is 3. The van der Waals surface area contributed by atoms with Gasteiger partial charge in [0.05, 0.1) is 0 Å². The molecule has 4 rings (SSSR count). The minimum Gasteiger partial charge on any atom is -0.475 e. The van der Waals surface area contributed by atoms with E-state index in [0.717, 1.165) is 44.9 Å². The van der Waals surface area contributed by atoms with Crippen molar-refractivity contribution in [2.24, 2.45) is 16.8 Å². The highest BCUT2D eigenvalue weighted by molar-refractivity contribution is 6.07. The van der Waals surface area contributed by atoms with Crippen molar-refractivity contribution in [3.8, 4) is 0 Å². The lowest BCUT2D eigenvalue weighted by Gasteiger charge is -2.28. The number of hydrogen-bond donors (Lipinski definition) is 1. The lowest BCUT2D eigenvalue weighted by molar-refractivity contribution is -0.192. The van der Waals surface area contributed by atoms with Crippen LogP contribution in [0.4, 0.5) is 13.2 Å². The second-order valence-electron chi connectivity index (χ2n) is 8.46. The zero-order valence-corrected chi connectivity index (χ0v) is 17.9. The van der Waals surface area contributed by atoms with E-state index in [1.54, 1.807) is 0 Å². The third-order valence-corrected chi connectivity index (χ3v) is 6.61. The highest BCUT2D eigenvalue weighted by Crippen LogP contribution is 2.50. The van der Waals surface area contributed by atoms with Crippen molar-refractivity contribution in [2.45, 2.75) is 51.9 Å². The van der Waals surface area contributed by atoms with Gasteiger partial charge in [-0.25, -0.2) is 4.79 Å². The number of likely N-dealkylation sites (N-methyl/N-ethyl adjacent to an activating group) is 1. The van der Waals surface area contributed by atoms with Crippen LogP contribution in [0, 0.1) is 18.8 Å². The smallest absolute Gasteiger partial charge is 0.475 e. The van der Waals surface area contributed by atoms with Gasteiger partial charge in [-0.1, -0.05) is 24.3 Å². The molecule has 3 aliphatic rings. The number of alkyl halides is 3. The van der Waals surface area contributed by atoms with Gasteiger partial charge in [0.15, 0.2) is 0 Å². The van der Waals surface area contributed by atoms with Gasteiger partial charge in [0.25, 0.3) is 5.91 Å². The van der Waals surface area contributed by atoms with E-state index in [1.807, 2.05) is 18.7 Å². The third kappa shape index (κ3) is 4.46. The van der Waals surface area contributed by atoms with Crippen LogP contribution in [0.15, 0.2) is 29.3 Å². The molecule has 1 saturated carbocycles. The number of aliphatic carboxylic acids is 1. The number of fused-ring (bicyclic) bond motifs is 2. The summed E-state index contributed by atoms with van der Waals surface area (Å²) in [6.07, 6.45) is -3.01. The molecule has 0 radical (unpaired) electrons. The summed E-state index contributed by atoms with van der Waals surface area (Å²) in [6.45, 7) is 10.0. The maximum Gasteiger partial charge on any atom is 0.490 e. The van der Waals surface area contributed by atoms with Crippen LogP contribution in [0.2, 0.25) is 0 Å². The average Bonchev–Trinajstić information content (AvgIpc) is 3.31. The SMILES string of the molecule is CCN1C(=O)[C@]2(CC[C@@H]3CN(Cc4ccccc4C)C[C@@H]32)N=C1C.O=C(O)C(F)(F)F. The molecule has 6 nitrogen and oxygen atoms in total. The molecule has 1 N–H and O–H groups in total. The Morgan fingerprint density at radius 3 is 2.45 bits per heavy atom. The summed E-state index contributed by atoms with van der Waals surface area (Å²) in [4.78, 5) is 31.3. The van der Waals surface area contributed by atoms with Crippen molar-refractivity contribution in [2.75, 3.05) is 19.6 Å². The molecule has 9 heteroatoms. The first-order valence-corrected chi connectivity index (χ1v) is 10.4. The summed E-state index contributed by atoms with van der Waals surface area (Å²) >= 11 is 0. The topological polar surface area (TPSA) is 73.2 Å². The number of nitrogens with zero attached hydrogens (tertiary/aromatic N) is 3. The molecule has 31 heavy (non-hydrogen) atoms. The van der Waals surface area contributed by atoms with E-state index in [-0.39, 0.29) is 5.91 Å². The van der Waals surface area contributed by atoms with Gasteiger partial charge in [-0.3, -0.25) is 19.6 Å². The van der Waals surface area contributed by atoms with Crippen molar-refractivity contribution in [3.05, 3.63) is 35.4 Å². The third-order valence-electron chi connectivity index (χ3n) is 6.61. The number of amides is 1. The molecule has 1 spiro atoms. The van der Waals surface area contributed by atoms with Gasteiger partial charge < -0.3 is 5.11 Å². The summed E-state index contributed by atoms with van der Waals surface area (Å²) in [6, 6.07) is 8.62. The van der Waals surface area contributed by atoms with Crippen LogP contribution in [-0.4, -0.2) is 64.0 Å². The van der Waals surface area contributed by atoms with Crippen LogP contribution >= 0.6 is 0 Å². The fourth-order valence-electron chi connectivity index (χ4n) is 5.10. The van der Waals surface area contributed by atoms with E-state index in [9.17, 15) is 18.0 Å². The van der Waals surface area contributed by atoms with Crippen molar-refractivity contribution in [1.82, 2.24) is 9.80 Å².